The van der Waals surface area contributed by atoms with E-state index in [2.05, 4.69) is 5.32 Å². The van der Waals surface area contributed by atoms with Gasteiger partial charge in [0, 0.05) is 32.7 Å². The molecular weight excluding hydrogens is 727 g/mol. The van der Waals surface area contributed by atoms with Crippen LogP contribution in [0, 0.1) is 41.5 Å². The first-order valence-corrected chi connectivity index (χ1v) is 21.1. The normalized spacial score (nSPS) is 12.6. The average Bonchev–Trinajstić information content (AvgIpc) is 2.98. The molecule has 3 rings (SSSR count). The summed E-state index contributed by atoms with van der Waals surface area (Å²) in [5.41, 5.74) is 4.00. The molecule has 0 aliphatic heterocycles. The van der Waals surface area contributed by atoms with Gasteiger partial charge in [-0.3, -0.25) is 0 Å². The SMILES string of the molecule is Cc1cc(C)c(S(=O)(=O)N(CCCNC(=O)OC(C)(C)C)CCCN(Cc2ccc(C(=O)OC(C)(C)C)cc2)S(=O)(=O)c2c(C)cc(C)cc2C)c(C)c1. The van der Waals surface area contributed by atoms with Crippen molar-refractivity contribution in [2.24, 2.45) is 0 Å². The van der Waals surface area contributed by atoms with Crippen LogP contribution in [0.5, 0.6) is 0 Å². The van der Waals surface area contributed by atoms with Crippen LogP contribution < -0.4 is 5.32 Å². The predicted octanol–water partition coefficient (Wildman–Crippen LogP) is 7.68. The topological polar surface area (TPSA) is 139 Å². The van der Waals surface area contributed by atoms with E-state index in [1.807, 2.05) is 38.1 Å². The van der Waals surface area contributed by atoms with E-state index < -0.39 is 43.3 Å². The molecule has 1 N–H and O–H groups in total. The second-order valence-electron chi connectivity index (χ2n) is 16.0. The van der Waals surface area contributed by atoms with Crippen molar-refractivity contribution < 1.29 is 35.9 Å². The van der Waals surface area contributed by atoms with E-state index in [-0.39, 0.29) is 48.9 Å². The van der Waals surface area contributed by atoms with Crippen LogP contribution in [-0.4, -0.2) is 74.9 Å². The van der Waals surface area contributed by atoms with E-state index >= 15 is 0 Å². The van der Waals surface area contributed by atoms with Gasteiger partial charge in [0.05, 0.1) is 15.4 Å². The van der Waals surface area contributed by atoms with Gasteiger partial charge in [-0.05, 0) is 136 Å². The zero-order valence-corrected chi connectivity index (χ0v) is 35.7. The molecule has 0 saturated carbocycles. The first-order valence-electron chi connectivity index (χ1n) is 18.3. The fraction of sp³-hybridized carbons (Fsp3) is 0.512. The highest BCUT2D eigenvalue weighted by Gasteiger charge is 2.31. The van der Waals surface area contributed by atoms with Crippen LogP contribution in [0.25, 0.3) is 0 Å². The maximum absolute atomic E-state index is 14.5. The Morgan fingerprint density at radius 1 is 0.611 bits per heavy atom. The lowest BCUT2D eigenvalue weighted by Crippen LogP contribution is -2.39. The zero-order chi connectivity index (χ0) is 40.8. The first-order chi connectivity index (χ1) is 24.8. The van der Waals surface area contributed by atoms with E-state index in [4.69, 9.17) is 9.47 Å². The molecule has 298 valence electrons. The summed E-state index contributed by atoms with van der Waals surface area (Å²) in [6.07, 6.45) is -0.110. The van der Waals surface area contributed by atoms with Crippen molar-refractivity contribution in [3.8, 4) is 0 Å². The number of nitrogens with zero attached hydrogens (tertiary/aromatic N) is 2. The van der Waals surface area contributed by atoms with Gasteiger partial charge >= 0.3 is 12.1 Å². The van der Waals surface area contributed by atoms with E-state index in [1.165, 1.54) is 8.61 Å². The number of hydrogen-bond donors (Lipinski definition) is 1. The molecule has 0 aliphatic rings. The molecule has 0 heterocycles. The average molecular weight is 786 g/mol. The van der Waals surface area contributed by atoms with Gasteiger partial charge < -0.3 is 14.8 Å². The molecule has 3 aromatic rings. The maximum Gasteiger partial charge on any atom is 0.407 e. The fourth-order valence-corrected chi connectivity index (χ4v) is 10.3. The van der Waals surface area contributed by atoms with E-state index in [1.54, 1.807) is 93.5 Å². The Hall–Kier alpha value is -3.78. The highest BCUT2D eigenvalue weighted by molar-refractivity contribution is 7.89. The van der Waals surface area contributed by atoms with Crippen molar-refractivity contribution in [2.75, 3.05) is 26.2 Å². The van der Waals surface area contributed by atoms with E-state index in [0.717, 1.165) is 11.1 Å². The van der Waals surface area contributed by atoms with Crippen molar-refractivity contribution in [1.82, 2.24) is 13.9 Å². The van der Waals surface area contributed by atoms with Gasteiger partial charge in [-0.15, -0.1) is 0 Å². The summed E-state index contributed by atoms with van der Waals surface area (Å²) in [5.74, 6) is -0.480. The number of alkyl carbamates (subject to hydrolysis) is 1. The first kappa shape index (κ1) is 44.6. The molecule has 13 heteroatoms. The lowest BCUT2D eigenvalue weighted by Gasteiger charge is -2.28. The van der Waals surface area contributed by atoms with E-state index in [9.17, 15) is 26.4 Å². The molecule has 0 unspecified atom stereocenters. The van der Waals surface area contributed by atoms with Gasteiger partial charge in [-0.2, -0.15) is 8.61 Å². The number of sulfonamides is 2. The van der Waals surface area contributed by atoms with Crippen molar-refractivity contribution >= 4 is 32.1 Å². The number of esters is 1. The third kappa shape index (κ3) is 12.4. The summed E-state index contributed by atoms with van der Waals surface area (Å²) >= 11 is 0. The molecule has 0 bridgehead atoms. The van der Waals surface area contributed by atoms with Crippen molar-refractivity contribution in [1.29, 1.82) is 0 Å². The Morgan fingerprint density at radius 3 is 1.46 bits per heavy atom. The molecule has 3 aromatic carbocycles. The second-order valence-corrected chi connectivity index (χ2v) is 19.8. The minimum Gasteiger partial charge on any atom is -0.456 e. The van der Waals surface area contributed by atoms with Crippen LogP contribution in [0.3, 0.4) is 0 Å². The minimum absolute atomic E-state index is 0.00751. The number of rotatable bonds is 15. The molecule has 0 aliphatic carbocycles. The number of carbonyl (C=O) groups is 2. The molecular formula is C41H59N3O8S2. The summed E-state index contributed by atoms with van der Waals surface area (Å²) in [6, 6.07) is 14.0. The molecule has 0 aromatic heterocycles. The molecule has 0 saturated heterocycles. The van der Waals surface area contributed by atoms with E-state index in [0.29, 0.717) is 39.8 Å². The molecule has 54 heavy (non-hydrogen) atoms. The second kappa shape index (κ2) is 17.8. The van der Waals surface area contributed by atoms with Gasteiger partial charge in [0.25, 0.3) is 0 Å². The van der Waals surface area contributed by atoms with Gasteiger partial charge in [0.15, 0.2) is 0 Å². The van der Waals surface area contributed by atoms with Crippen LogP contribution in [0.15, 0.2) is 58.3 Å². The largest absolute Gasteiger partial charge is 0.456 e. The summed E-state index contributed by atoms with van der Waals surface area (Å²) in [5, 5.41) is 2.69. The number of hydrogen-bond acceptors (Lipinski definition) is 8. The lowest BCUT2D eigenvalue weighted by molar-refractivity contribution is 0.00690. The summed E-state index contributed by atoms with van der Waals surface area (Å²) < 4.78 is 71.2. The summed E-state index contributed by atoms with van der Waals surface area (Å²) in [7, 11) is -8.08. The van der Waals surface area contributed by atoms with Crippen molar-refractivity contribution in [2.45, 2.75) is 123 Å². The molecule has 0 radical (unpaired) electrons. The van der Waals surface area contributed by atoms with Crippen LogP contribution in [0.1, 0.15) is 104 Å². The number of benzene rings is 3. The van der Waals surface area contributed by atoms with Crippen molar-refractivity contribution in [3.63, 3.8) is 0 Å². The Morgan fingerprint density at radius 2 is 1.02 bits per heavy atom. The lowest BCUT2D eigenvalue weighted by atomic mass is 10.1. The van der Waals surface area contributed by atoms with Gasteiger partial charge in [-0.1, -0.05) is 47.5 Å². The van der Waals surface area contributed by atoms with Crippen LogP contribution >= 0.6 is 0 Å². The third-order valence-corrected chi connectivity index (χ3v) is 12.8. The quantitative estimate of drug-likeness (QED) is 0.122. The maximum atomic E-state index is 14.5. The Balaban J connectivity index is 1.95. The highest BCUT2D eigenvalue weighted by Crippen LogP contribution is 2.29. The number of aryl methyl sites for hydroxylation is 6. The smallest absolute Gasteiger partial charge is 0.407 e. The highest BCUT2D eigenvalue weighted by atomic mass is 32.2. The van der Waals surface area contributed by atoms with Crippen LogP contribution in [0.2, 0.25) is 0 Å². The van der Waals surface area contributed by atoms with Gasteiger partial charge in [0.1, 0.15) is 11.2 Å². The Kier molecular flexibility index (Phi) is 14.7. The monoisotopic (exact) mass is 785 g/mol. The molecule has 0 spiro atoms. The summed E-state index contributed by atoms with van der Waals surface area (Å²) in [6.45, 7) is 21.8. The molecule has 0 atom stereocenters. The Bertz CT molecular complexity index is 1980. The fourth-order valence-electron chi connectivity index (χ4n) is 6.51. The summed E-state index contributed by atoms with van der Waals surface area (Å²) in [4.78, 5) is 25.4. The standard InChI is InChI=1S/C41H59N3O8S2/c1-28-23-30(3)36(31(4)24-28)53(47,48)43(20-13-19-42-39(46)52-41(10,11)12)21-14-22-44(54(49,50)37-32(5)25-29(2)26-33(37)6)27-34-15-17-35(18-16-34)38(45)51-40(7,8)9/h15-18,23-26H,13-14,19-22,27H2,1-12H3,(H,42,46). The molecule has 0 fully saturated rings. The number of carbonyl (C=O) groups excluding carboxylic acids is 2. The van der Waals surface area contributed by atoms with Crippen LogP contribution in [-0.2, 0) is 36.1 Å². The van der Waals surface area contributed by atoms with Crippen molar-refractivity contribution in [3.05, 3.63) is 93.0 Å². The molecule has 11 nitrogen and oxygen atoms in total. The zero-order valence-electron chi connectivity index (χ0n) is 34.0. The Labute approximate surface area is 323 Å². The van der Waals surface area contributed by atoms with Gasteiger partial charge in [-0.25, -0.2) is 26.4 Å². The van der Waals surface area contributed by atoms with Gasteiger partial charge in [0.2, 0.25) is 20.0 Å². The molecule has 1 amide bonds. The van der Waals surface area contributed by atoms with Crippen LogP contribution in [0.4, 0.5) is 4.79 Å². The number of amides is 1. The number of nitrogens with one attached hydrogen (secondary N) is 1. The minimum atomic E-state index is -4.06. The third-order valence-electron chi connectivity index (χ3n) is 8.42. The number of ether oxygens (including phenoxy) is 2. The predicted molar refractivity (Wildman–Crippen MR) is 213 cm³/mol.